The predicted molar refractivity (Wildman–Crippen MR) is 226 cm³/mol. The summed E-state index contributed by atoms with van der Waals surface area (Å²) in [5.74, 6) is 3.40. The molecule has 0 aromatic heterocycles. The maximum atomic E-state index is 11.1. The Labute approximate surface area is 335 Å². The number of morpholine rings is 1. The number of rotatable bonds is 6. The fourth-order valence-corrected chi connectivity index (χ4v) is 8.73. The van der Waals surface area contributed by atoms with Gasteiger partial charge in [0.1, 0.15) is 6.61 Å². The fourth-order valence-electron chi connectivity index (χ4n) is 6.57. The van der Waals surface area contributed by atoms with Gasteiger partial charge >= 0.3 is 0 Å². The number of carbonyl (C=O) groups excluding carboxylic acids is 2. The number of aliphatic hydroxyl groups excluding tert-OH is 1. The summed E-state index contributed by atoms with van der Waals surface area (Å²) >= 11 is 2.07. The highest BCUT2D eigenvalue weighted by molar-refractivity contribution is 7.99. The van der Waals surface area contributed by atoms with Crippen LogP contribution in [-0.2, 0) is 24.2 Å². The Bertz CT molecular complexity index is 1060. The van der Waals surface area contributed by atoms with Crippen LogP contribution in [0.4, 0.5) is 0 Å². The average Bonchev–Trinajstić information content (AvgIpc) is 3.16. The van der Waals surface area contributed by atoms with E-state index >= 15 is 0 Å². The number of ether oxygens (including phenoxy) is 1. The van der Waals surface area contributed by atoms with Gasteiger partial charge in [-0.1, -0.05) is 0 Å². The summed E-state index contributed by atoms with van der Waals surface area (Å²) in [6.45, 7) is 38.4. The number of sulfone groups is 1. The SMILES string of the molecule is CC(=O)N1CCN(C(C)C)CC1.CC(C)N1CCN(C(=O)CO)CC1.CC(C)N1CCOCC1.CC(C)N1CCS(=O)(=O)CC1.CC(C)N1CCSCC1. The average molecular weight is 808 g/mol. The minimum absolute atomic E-state index is 0.150. The number of thioether (sulfide) groups is 1. The molecule has 0 bridgehead atoms. The lowest BCUT2D eigenvalue weighted by Crippen LogP contribution is -2.51. The van der Waals surface area contributed by atoms with Gasteiger partial charge in [-0.15, -0.1) is 0 Å². The molecule has 0 aromatic rings. The van der Waals surface area contributed by atoms with Crippen molar-refractivity contribution >= 4 is 33.4 Å². The van der Waals surface area contributed by atoms with Crippen molar-refractivity contribution < 1.29 is 27.9 Å². The van der Waals surface area contributed by atoms with Gasteiger partial charge in [-0.25, -0.2) is 8.42 Å². The van der Waals surface area contributed by atoms with E-state index in [2.05, 4.69) is 105 Å². The van der Waals surface area contributed by atoms with Crippen LogP contribution in [0.5, 0.6) is 0 Å². The molecule has 5 rings (SSSR count). The third-order valence-electron chi connectivity index (χ3n) is 10.7. The molecule has 2 amide bonds. The van der Waals surface area contributed by atoms with Crippen molar-refractivity contribution in [3.05, 3.63) is 0 Å². The number of aliphatic hydroxyl groups is 1. The summed E-state index contributed by atoms with van der Waals surface area (Å²) in [6.07, 6.45) is 0. The molecule has 0 radical (unpaired) electrons. The zero-order valence-electron chi connectivity index (χ0n) is 36.2. The molecule has 0 saturated carbocycles. The number of piperazine rings is 2. The lowest BCUT2D eigenvalue weighted by Gasteiger charge is -2.36. The smallest absolute Gasteiger partial charge is 0.248 e. The largest absolute Gasteiger partial charge is 0.387 e. The van der Waals surface area contributed by atoms with Crippen molar-refractivity contribution in [1.82, 2.24) is 34.3 Å². The summed E-state index contributed by atoms with van der Waals surface area (Å²) in [7, 11) is -2.69. The molecule has 5 heterocycles. The van der Waals surface area contributed by atoms with E-state index in [9.17, 15) is 18.0 Å². The van der Waals surface area contributed by atoms with Gasteiger partial charge in [0.2, 0.25) is 11.8 Å². The van der Waals surface area contributed by atoms with Crippen molar-refractivity contribution in [2.75, 3.05) is 134 Å². The van der Waals surface area contributed by atoms with E-state index in [4.69, 9.17) is 9.84 Å². The van der Waals surface area contributed by atoms with Crippen LogP contribution >= 0.6 is 11.8 Å². The van der Waals surface area contributed by atoms with Gasteiger partial charge in [-0.05, 0) is 69.2 Å². The Morgan fingerprint density at radius 1 is 0.537 bits per heavy atom. The molecular weight excluding hydrogens is 727 g/mol. The van der Waals surface area contributed by atoms with E-state index in [1.54, 1.807) is 11.8 Å². The number of carbonyl (C=O) groups is 2. The Kier molecular flexibility index (Phi) is 26.0. The summed E-state index contributed by atoms with van der Waals surface area (Å²) < 4.78 is 27.2. The lowest BCUT2D eigenvalue weighted by atomic mass is 10.2. The summed E-state index contributed by atoms with van der Waals surface area (Å²) in [4.78, 5) is 37.6. The Hall–Kier alpha value is -1.04. The molecule has 13 nitrogen and oxygen atoms in total. The van der Waals surface area contributed by atoms with E-state index in [1.807, 2.05) is 4.90 Å². The fraction of sp³-hybridized carbons (Fsp3) is 0.949. The lowest BCUT2D eigenvalue weighted by molar-refractivity contribution is -0.136. The molecular formula is C39H81N7O6S2. The second-order valence-corrected chi connectivity index (χ2v) is 19.6. The van der Waals surface area contributed by atoms with E-state index < -0.39 is 9.84 Å². The van der Waals surface area contributed by atoms with E-state index in [1.165, 1.54) is 24.6 Å². The summed E-state index contributed by atoms with van der Waals surface area (Å²) in [6, 6.07) is 3.08. The molecule has 5 fully saturated rings. The second-order valence-electron chi connectivity index (χ2n) is 16.1. The molecule has 0 spiro atoms. The highest BCUT2D eigenvalue weighted by Crippen LogP contribution is 2.11. The first kappa shape index (κ1) is 51.0. The Morgan fingerprint density at radius 3 is 1.19 bits per heavy atom. The van der Waals surface area contributed by atoms with Crippen LogP contribution < -0.4 is 0 Å². The maximum absolute atomic E-state index is 11.1. The second kappa shape index (κ2) is 27.6. The van der Waals surface area contributed by atoms with Crippen LogP contribution in [0.1, 0.15) is 76.2 Å². The van der Waals surface area contributed by atoms with Crippen LogP contribution in [0.25, 0.3) is 0 Å². The molecule has 15 heteroatoms. The molecule has 320 valence electrons. The molecule has 54 heavy (non-hydrogen) atoms. The molecule has 5 aliphatic heterocycles. The summed E-state index contributed by atoms with van der Waals surface area (Å²) in [5, 5.41) is 8.66. The molecule has 5 aliphatic rings. The quantitative estimate of drug-likeness (QED) is 0.425. The first-order valence-corrected chi connectivity index (χ1v) is 23.6. The maximum Gasteiger partial charge on any atom is 0.248 e. The van der Waals surface area contributed by atoms with Crippen LogP contribution in [0, 0.1) is 0 Å². The van der Waals surface area contributed by atoms with Gasteiger partial charge in [0.15, 0.2) is 9.84 Å². The van der Waals surface area contributed by atoms with Crippen molar-refractivity contribution in [3.63, 3.8) is 0 Å². The van der Waals surface area contributed by atoms with Crippen molar-refractivity contribution in [2.45, 2.75) is 106 Å². The van der Waals surface area contributed by atoms with Crippen LogP contribution in [0.2, 0.25) is 0 Å². The van der Waals surface area contributed by atoms with Crippen molar-refractivity contribution in [1.29, 1.82) is 0 Å². The minimum Gasteiger partial charge on any atom is -0.387 e. The molecule has 0 unspecified atom stereocenters. The van der Waals surface area contributed by atoms with E-state index in [-0.39, 0.29) is 18.4 Å². The number of hydrogen-bond acceptors (Lipinski definition) is 12. The third-order valence-corrected chi connectivity index (χ3v) is 13.2. The molecule has 0 atom stereocenters. The summed E-state index contributed by atoms with van der Waals surface area (Å²) in [5.41, 5.74) is 0. The Morgan fingerprint density at radius 2 is 0.870 bits per heavy atom. The van der Waals surface area contributed by atoms with Crippen molar-refractivity contribution in [2.24, 2.45) is 0 Å². The van der Waals surface area contributed by atoms with E-state index in [0.29, 0.717) is 48.8 Å². The highest BCUT2D eigenvalue weighted by atomic mass is 32.2. The van der Waals surface area contributed by atoms with Crippen LogP contribution in [0.3, 0.4) is 0 Å². The third kappa shape index (κ3) is 21.5. The first-order valence-electron chi connectivity index (χ1n) is 20.6. The molecule has 5 saturated heterocycles. The van der Waals surface area contributed by atoms with Crippen LogP contribution in [-0.4, -0.2) is 224 Å². The zero-order valence-corrected chi connectivity index (χ0v) is 37.8. The molecule has 1 N–H and O–H groups in total. The molecule has 0 aromatic carbocycles. The van der Waals surface area contributed by atoms with Crippen molar-refractivity contribution in [3.8, 4) is 0 Å². The van der Waals surface area contributed by atoms with Gasteiger partial charge < -0.3 is 19.6 Å². The van der Waals surface area contributed by atoms with Crippen LogP contribution in [0.15, 0.2) is 0 Å². The highest BCUT2D eigenvalue weighted by Gasteiger charge is 2.23. The predicted octanol–water partition coefficient (Wildman–Crippen LogP) is 2.39. The number of amides is 2. The normalized spacial score (nSPS) is 22.1. The number of nitrogens with zero attached hydrogens (tertiary/aromatic N) is 7. The van der Waals surface area contributed by atoms with Gasteiger partial charge in [0, 0.05) is 140 Å². The zero-order chi connectivity index (χ0) is 40.8. The standard InChI is InChI=1S/C9H18N2O2.C9H18N2O.C7H15NO2S.C7H15NO.C7H15NS/c1-8(2)10-3-5-11(6-4-10)9(13)7-12;1-8(2)10-4-6-11(7-5-10)9(3)12;1-7(2)8-3-5-11(9,10)6-4-8;2*1-7(2)8-3-5-9-6-4-8/h8,12H,3-7H2,1-2H3;8H,4-7H2,1-3H3;7H,3-6H2,1-2H3;2*7H,3-6H2,1-2H3. The van der Waals surface area contributed by atoms with Gasteiger partial charge in [0.25, 0.3) is 0 Å². The van der Waals surface area contributed by atoms with Gasteiger partial charge in [0.05, 0.1) is 24.7 Å². The first-order chi connectivity index (χ1) is 25.4. The Balaban J connectivity index is 0.000000340. The number of hydrogen-bond donors (Lipinski definition) is 1. The molecule has 0 aliphatic carbocycles. The van der Waals surface area contributed by atoms with Gasteiger partial charge in [-0.3, -0.25) is 34.1 Å². The van der Waals surface area contributed by atoms with E-state index in [0.717, 1.165) is 84.7 Å². The minimum atomic E-state index is -2.69. The topological polar surface area (TPSA) is 120 Å². The monoisotopic (exact) mass is 808 g/mol. The van der Waals surface area contributed by atoms with Gasteiger partial charge in [-0.2, -0.15) is 11.8 Å².